The average molecular weight is 251 g/mol. The number of benzene rings is 1. The van der Waals surface area contributed by atoms with Crippen LogP contribution >= 0.6 is 11.8 Å². The van der Waals surface area contributed by atoms with Crippen molar-refractivity contribution in [2.24, 2.45) is 4.99 Å². The molecular weight excluding hydrogens is 237 g/mol. The first kappa shape index (κ1) is 12.3. The van der Waals surface area contributed by atoms with Crippen molar-refractivity contribution in [2.45, 2.75) is 36.1 Å². The van der Waals surface area contributed by atoms with E-state index >= 15 is 0 Å². The minimum Gasteiger partial charge on any atom is -0.211 e. The minimum absolute atomic E-state index is 0.273. The summed E-state index contributed by atoms with van der Waals surface area (Å²) in [5.74, 6) is -0.273. The van der Waals surface area contributed by atoms with Crippen molar-refractivity contribution in [2.75, 3.05) is 6.26 Å². The Morgan fingerprint density at radius 1 is 1.41 bits per heavy atom. The molecule has 0 amide bonds. The second-order valence-corrected chi connectivity index (χ2v) is 5.13. The third-order valence-corrected chi connectivity index (χ3v) is 4.15. The van der Waals surface area contributed by atoms with Crippen LogP contribution in [0.5, 0.6) is 0 Å². The second-order valence-electron chi connectivity index (χ2n) is 4.29. The van der Waals surface area contributed by atoms with Crippen LogP contribution in [-0.2, 0) is 10.3 Å². The number of isocyanates is 1. The van der Waals surface area contributed by atoms with E-state index in [9.17, 15) is 9.18 Å². The largest absolute Gasteiger partial charge is 0.235 e. The summed E-state index contributed by atoms with van der Waals surface area (Å²) >= 11 is 1.56. The fourth-order valence-electron chi connectivity index (χ4n) is 2.53. The maximum Gasteiger partial charge on any atom is 0.235 e. The molecule has 17 heavy (non-hydrogen) atoms. The fourth-order valence-corrected chi connectivity index (χ4v) is 3.21. The average Bonchev–Trinajstić information content (AvgIpc) is 2.79. The van der Waals surface area contributed by atoms with E-state index in [1.165, 1.54) is 12.1 Å². The molecule has 0 aromatic heterocycles. The maximum atomic E-state index is 13.4. The molecule has 0 N–H and O–H groups in total. The van der Waals surface area contributed by atoms with E-state index in [1.807, 2.05) is 6.26 Å². The molecule has 0 spiro atoms. The fraction of sp³-hybridized carbons (Fsp3) is 0.462. The van der Waals surface area contributed by atoms with Crippen LogP contribution in [0.2, 0.25) is 0 Å². The van der Waals surface area contributed by atoms with Gasteiger partial charge in [0.2, 0.25) is 6.08 Å². The van der Waals surface area contributed by atoms with Gasteiger partial charge in [0.1, 0.15) is 5.82 Å². The van der Waals surface area contributed by atoms with E-state index in [0.717, 1.165) is 36.1 Å². The molecule has 0 unspecified atom stereocenters. The summed E-state index contributed by atoms with van der Waals surface area (Å²) in [6, 6.07) is 4.72. The highest BCUT2D eigenvalue weighted by atomic mass is 32.2. The summed E-state index contributed by atoms with van der Waals surface area (Å²) in [4.78, 5) is 15.6. The first-order valence-electron chi connectivity index (χ1n) is 5.65. The van der Waals surface area contributed by atoms with Crippen molar-refractivity contribution >= 4 is 17.8 Å². The number of thioether (sulfide) groups is 1. The molecule has 1 fully saturated rings. The predicted octanol–water partition coefficient (Wildman–Crippen LogP) is 3.65. The number of aliphatic imine (C=N–C) groups is 1. The van der Waals surface area contributed by atoms with E-state index in [-0.39, 0.29) is 5.82 Å². The quantitative estimate of drug-likeness (QED) is 0.466. The lowest BCUT2D eigenvalue weighted by Gasteiger charge is -2.25. The lowest BCUT2D eigenvalue weighted by Crippen LogP contribution is -2.20. The van der Waals surface area contributed by atoms with Crippen LogP contribution < -0.4 is 0 Å². The lowest BCUT2D eigenvalue weighted by atomic mass is 9.89. The summed E-state index contributed by atoms with van der Waals surface area (Å²) in [5, 5.41) is 0. The Morgan fingerprint density at radius 3 is 2.71 bits per heavy atom. The molecule has 4 heteroatoms. The van der Waals surface area contributed by atoms with Gasteiger partial charge in [-0.25, -0.2) is 9.18 Å². The molecule has 1 aromatic carbocycles. The number of rotatable bonds is 3. The first-order valence-corrected chi connectivity index (χ1v) is 6.87. The van der Waals surface area contributed by atoms with Crippen molar-refractivity contribution in [3.05, 3.63) is 29.6 Å². The Kier molecular flexibility index (Phi) is 3.65. The number of hydrogen-bond donors (Lipinski definition) is 0. The number of carbonyl (C=O) groups excluding carboxylic acids is 1. The molecule has 0 saturated heterocycles. The molecule has 0 atom stereocenters. The molecule has 0 heterocycles. The number of nitrogens with zero attached hydrogens (tertiary/aromatic N) is 1. The van der Waals surface area contributed by atoms with E-state index in [0.29, 0.717) is 0 Å². The van der Waals surface area contributed by atoms with E-state index in [1.54, 1.807) is 23.9 Å². The normalized spacial score (nSPS) is 17.8. The smallest absolute Gasteiger partial charge is 0.211 e. The van der Waals surface area contributed by atoms with Crippen molar-refractivity contribution in [1.82, 2.24) is 0 Å². The molecule has 1 saturated carbocycles. The van der Waals surface area contributed by atoms with Crippen molar-refractivity contribution in [3.63, 3.8) is 0 Å². The Labute approximate surface area is 104 Å². The van der Waals surface area contributed by atoms with Crippen LogP contribution in [-0.4, -0.2) is 12.3 Å². The Morgan fingerprint density at radius 2 is 2.12 bits per heavy atom. The minimum atomic E-state index is -0.539. The Balaban J connectivity index is 2.56. The lowest BCUT2D eigenvalue weighted by molar-refractivity contribution is 0.445. The van der Waals surface area contributed by atoms with Gasteiger partial charge >= 0.3 is 0 Å². The third kappa shape index (κ3) is 2.28. The standard InChI is InChI=1S/C13H14FNOS/c1-17-12-5-4-10(14)8-11(12)13(15-9-16)6-2-3-7-13/h4-5,8H,2-3,6-7H2,1H3. The van der Waals surface area contributed by atoms with Crippen LogP contribution in [0.3, 0.4) is 0 Å². The van der Waals surface area contributed by atoms with Gasteiger partial charge in [0.15, 0.2) is 0 Å². The van der Waals surface area contributed by atoms with Crippen LogP contribution in [0.25, 0.3) is 0 Å². The van der Waals surface area contributed by atoms with Crippen LogP contribution in [0.4, 0.5) is 4.39 Å². The maximum absolute atomic E-state index is 13.4. The topological polar surface area (TPSA) is 29.4 Å². The summed E-state index contributed by atoms with van der Waals surface area (Å²) in [7, 11) is 0. The highest BCUT2D eigenvalue weighted by molar-refractivity contribution is 7.98. The number of halogens is 1. The number of hydrogen-bond acceptors (Lipinski definition) is 3. The van der Waals surface area contributed by atoms with Crippen LogP contribution in [0.15, 0.2) is 28.1 Å². The highest BCUT2D eigenvalue weighted by Gasteiger charge is 2.37. The summed E-state index contributed by atoms with van der Waals surface area (Å²) in [6.45, 7) is 0. The predicted molar refractivity (Wildman–Crippen MR) is 66.4 cm³/mol. The van der Waals surface area contributed by atoms with Crippen molar-refractivity contribution in [3.8, 4) is 0 Å². The van der Waals surface area contributed by atoms with Crippen LogP contribution in [0, 0.1) is 5.82 Å². The monoisotopic (exact) mass is 251 g/mol. The molecule has 1 aliphatic carbocycles. The van der Waals surface area contributed by atoms with Gasteiger partial charge in [0.25, 0.3) is 0 Å². The highest BCUT2D eigenvalue weighted by Crippen LogP contribution is 2.45. The van der Waals surface area contributed by atoms with E-state index in [4.69, 9.17) is 0 Å². The van der Waals surface area contributed by atoms with Gasteiger partial charge in [0.05, 0.1) is 5.54 Å². The molecule has 2 rings (SSSR count). The second kappa shape index (κ2) is 5.03. The first-order chi connectivity index (χ1) is 8.22. The molecule has 0 aliphatic heterocycles. The summed E-state index contributed by atoms with van der Waals surface area (Å²) in [6.07, 6.45) is 7.27. The Bertz CT molecular complexity index is 462. The van der Waals surface area contributed by atoms with Gasteiger partial charge in [-0.2, -0.15) is 4.99 Å². The van der Waals surface area contributed by atoms with Crippen molar-refractivity contribution < 1.29 is 9.18 Å². The third-order valence-electron chi connectivity index (χ3n) is 3.35. The van der Waals surface area contributed by atoms with Crippen molar-refractivity contribution in [1.29, 1.82) is 0 Å². The van der Waals surface area contributed by atoms with Gasteiger partial charge in [-0.1, -0.05) is 12.8 Å². The molecule has 1 aliphatic rings. The molecule has 90 valence electrons. The summed E-state index contributed by atoms with van der Waals surface area (Å²) in [5.41, 5.74) is 0.299. The van der Waals surface area contributed by atoms with Crippen LogP contribution in [0.1, 0.15) is 31.2 Å². The van der Waals surface area contributed by atoms with Gasteiger partial charge in [0, 0.05) is 4.90 Å². The van der Waals surface area contributed by atoms with Gasteiger partial charge in [-0.3, -0.25) is 0 Å². The van der Waals surface area contributed by atoms with E-state index < -0.39 is 5.54 Å². The molecular formula is C13H14FNOS. The molecule has 0 radical (unpaired) electrons. The van der Waals surface area contributed by atoms with Gasteiger partial charge in [-0.05, 0) is 42.9 Å². The zero-order valence-electron chi connectivity index (χ0n) is 9.70. The van der Waals surface area contributed by atoms with Gasteiger partial charge < -0.3 is 0 Å². The molecule has 2 nitrogen and oxygen atoms in total. The summed E-state index contributed by atoms with van der Waals surface area (Å²) < 4.78 is 13.4. The Hall–Kier alpha value is -1.12. The van der Waals surface area contributed by atoms with Gasteiger partial charge in [-0.15, -0.1) is 11.8 Å². The SMILES string of the molecule is CSc1ccc(F)cc1C1(N=C=O)CCCC1. The molecule has 1 aromatic rings. The zero-order chi connectivity index (χ0) is 12.3. The van der Waals surface area contributed by atoms with E-state index in [2.05, 4.69) is 4.99 Å². The molecule has 0 bridgehead atoms. The zero-order valence-corrected chi connectivity index (χ0v) is 10.5.